The number of benzene rings is 1. The van der Waals surface area contributed by atoms with Crippen LogP contribution < -0.4 is 4.72 Å². The lowest BCUT2D eigenvalue weighted by atomic mass is 9.98. The van der Waals surface area contributed by atoms with E-state index in [9.17, 15) is 8.42 Å². The van der Waals surface area contributed by atoms with Crippen molar-refractivity contribution in [1.29, 1.82) is 0 Å². The molecular formula is C12H18BrNO3S. The first-order valence-electron chi connectivity index (χ1n) is 5.55. The molecule has 0 unspecified atom stereocenters. The van der Waals surface area contributed by atoms with E-state index in [-0.39, 0.29) is 16.9 Å². The van der Waals surface area contributed by atoms with Gasteiger partial charge >= 0.3 is 0 Å². The van der Waals surface area contributed by atoms with E-state index in [1.165, 1.54) is 6.07 Å². The Bertz CT molecular complexity index is 521. The Labute approximate surface area is 117 Å². The molecule has 2 N–H and O–H groups in total. The molecule has 6 heteroatoms. The van der Waals surface area contributed by atoms with E-state index in [1.807, 2.05) is 20.8 Å². The Morgan fingerprint density at radius 1 is 1.33 bits per heavy atom. The zero-order valence-corrected chi connectivity index (χ0v) is 13.1. The molecule has 0 atom stereocenters. The predicted octanol–water partition coefficient (Wildman–Crippen LogP) is 2.27. The van der Waals surface area contributed by atoms with Crippen LogP contribution in [0, 0.1) is 5.41 Å². The SMILES string of the molecule is CC(C)(C)CNS(=O)(=O)c1cc(CO)ccc1Br. The summed E-state index contributed by atoms with van der Waals surface area (Å²) in [5.41, 5.74) is 0.433. The molecule has 0 radical (unpaired) electrons. The summed E-state index contributed by atoms with van der Waals surface area (Å²) in [4.78, 5) is 0.151. The van der Waals surface area contributed by atoms with Gasteiger partial charge in [-0.1, -0.05) is 26.8 Å². The predicted molar refractivity (Wildman–Crippen MR) is 74.7 cm³/mol. The van der Waals surface area contributed by atoms with Crippen molar-refractivity contribution in [3.63, 3.8) is 0 Å². The lowest BCUT2D eigenvalue weighted by molar-refractivity contribution is 0.281. The maximum Gasteiger partial charge on any atom is 0.241 e. The topological polar surface area (TPSA) is 66.4 Å². The van der Waals surface area contributed by atoms with Crippen LogP contribution in [0.15, 0.2) is 27.6 Å². The fourth-order valence-electron chi connectivity index (χ4n) is 1.24. The normalized spacial score (nSPS) is 12.7. The first kappa shape index (κ1) is 15.6. The maximum atomic E-state index is 12.1. The molecule has 0 saturated carbocycles. The number of halogens is 1. The number of hydrogen-bond donors (Lipinski definition) is 2. The number of nitrogens with one attached hydrogen (secondary N) is 1. The maximum absolute atomic E-state index is 12.1. The standard InChI is InChI=1S/C12H18BrNO3S/c1-12(2,3)8-14-18(16,17)11-6-9(7-15)4-5-10(11)13/h4-6,14-15H,7-8H2,1-3H3. The summed E-state index contributed by atoms with van der Waals surface area (Å²) < 4.78 is 27.3. The van der Waals surface area contributed by atoms with Gasteiger partial charge in [-0.15, -0.1) is 0 Å². The van der Waals surface area contributed by atoms with Crippen LogP contribution in [0.5, 0.6) is 0 Å². The minimum absolute atomic E-state index is 0.131. The van der Waals surface area contributed by atoms with Crippen molar-refractivity contribution in [2.75, 3.05) is 6.54 Å². The van der Waals surface area contributed by atoms with Crippen LogP contribution in [0.4, 0.5) is 0 Å². The molecule has 0 aliphatic carbocycles. The number of sulfonamides is 1. The van der Waals surface area contributed by atoms with Gasteiger partial charge in [-0.2, -0.15) is 0 Å². The number of aliphatic hydroxyl groups is 1. The summed E-state index contributed by atoms with van der Waals surface area (Å²) in [6, 6.07) is 4.76. The molecule has 0 saturated heterocycles. The zero-order chi connectivity index (χ0) is 14.0. The summed E-state index contributed by atoms with van der Waals surface area (Å²) in [5, 5.41) is 9.05. The quantitative estimate of drug-likeness (QED) is 0.886. The molecule has 1 aromatic rings. The van der Waals surface area contributed by atoms with Gasteiger partial charge in [0.15, 0.2) is 0 Å². The van der Waals surface area contributed by atoms with Gasteiger partial charge in [-0.25, -0.2) is 13.1 Å². The van der Waals surface area contributed by atoms with Gasteiger partial charge in [0, 0.05) is 11.0 Å². The lowest BCUT2D eigenvalue weighted by Gasteiger charge is -2.19. The Balaban J connectivity index is 3.05. The molecule has 0 aromatic heterocycles. The number of aliphatic hydroxyl groups excluding tert-OH is 1. The monoisotopic (exact) mass is 335 g/mol. The van der Waals surface area contributed by atoms with Gasteiger partial charge in [0.05, 0.1) is 11.5 Å². The third-order valence-corrected chi connectivity index (χ3v) is 4.66. The van der Waals surface area contributed by atoms with Crippen molar-refractivity contribution in [1.82, 2.24) is 4.72 Å². The summed E-state index contributed by atoms with van der Waals surface area (Å²) in [7, 11) is -3.56. The van der Waals surface area contributed by atoms with E-state index >= 15 is 0 Å². The van der Waals surface area contributed by atoms with Gasteiger partial charge in [-0.05, 0) is 39.0 Å². The molecule has 0 aliphatic heterocycles. The van der Waals surface area contributed by atoms with Crippen molar-refractivity contribution in [3.05, 3.63) is 28.2 Å². The van der Waals surface area contributed by atoms with E-state index in [1.54, 1.807) is 12.1 Å². The highest BCUT2D eigenvalue weighted by Gasteiger charge is 2.21. The molecule has 18 heavy (non-hydrogen) atoms. The van der Waals surface area contributed by atoms with Crippen LogP contribution in [0.3, 0.4) is 0 Å². The minimum atomic E-state index is -3.56. The number of hydrogen-bond acceptors (Lipinski definition) is 3. The second kappa shape index (κ2) is 5.69. The molecule has 0 fully saturated rings. The fraction of sp³-hybridized carbons (Fsp3) is 0.500. The van der Waals surface area contributed by atoms with E-state index < -0.39 is 10.0 Å². The van der Waals surface area contributed by atoms with E-state index in [2.05, 4.69) is 20.7 Å². The molecule has 0 bridgehead atoms. The average Bonchev–Trinajstić information content (AvgIpc) is 2.26. The molecule has 102 valence electrons. The van der Waals surface area contributed by atoms with Crippen molar-refractivity contribution >= 4 is 26.0 Å². The molecule has 1 aromatic carbocycles. The van der Waals surface area contributed by atoms with Crippen LogP contribution >= 0.6 is 15.9 Å². The molecule has 0 aliphatic rings. The van der Waals surface area contributed by atoms with Crippen LogP contribution in [0.25, 0.3) is 0 Å². The van der Waals surface area contributed by atoms with Crippen LogP contribution in [-0.2, 0) is 16.6 Å². The first-order chi connectivity index (χ1) is 8.15. The highest BCUT2D eigenvalue weighted by atomic mass is 79.9. The van der Waals surface area contributed by atoms with Gasteiger partial charge in [0.1, 0.15) is 0 Å². The zero-order valence-electron chi connectivity index (χ0n) is 10.7. The van der Waals surface area contributed by atoms with E-state index in [0.717, 1.165) is 0 Å². The van der Waals surface area contributed by atoms with Crippen molar-refractivity contribution < 1.29 is 13.5 Å². The number of rotatable bonds is 4. The van der Waals surface area contributed by atoms with Crippen LogP contribution in [0.2, 0.25) is 0 Å². The van der Waals surface area contributed by atoms with Gasteiger partial charge in [-0.3, -0.25) is 0 Å². The Kier molecular flexibility index (Phi) is 4.94. The molecule has 0 heterocycles. The molecule has 1 rings (SSSR count). The smallest absolute Gasteiger partial charge is 0.241 e. The molecule has 0 amide bonds. The summed E-state index contributed by atoms with van der Waals surface area (Å²) >= 11 is 3.22. The Morgan fingerprint density at radius 3 is 2.44 bits per heavy atom. The van der Waals surface area contributed by atoms with Crippen molar-refractivity contribution in [2.45, 2.75) is 32.3 Å². The third-order valence-electron chi connectivity index (χ3n) is 2.26. The summed E-state index contributed by atoms with van der Waals surface area (Å²) in [6.45, 7) is 6.03. The largest absolute Gasteiger partial charge is 0.392 e. The van der Waals surface area contributed by atoms with Crippen LogP contribution in [-0.4, -0.2) is 20.1 Å². The highest BCUT2D eigenvalue weighted by molar-refractivity contribution is 9.10. The van der Waals surface area contributed by atoms with Gasteiger partial charge < -0.3 is 5.11 Å². The third kappa shape index (κ3) is 4.35. The van der Waals surface area contributed by atoms with Gasteiger partial charge in [0.25, 0.3) is 0 Å². The Hall–Kier alpha value is -0.430. The summed E-state index contributed by atoms with van der Waals surface area (Å²) in [6.07, 6.45) is 0. The molecule has 4 nitrogen and oxygen atoms in total. The van der Waals surface area contributed by atoms with Gasteiger partial charge in [0.2, 0.25) is 10.0 Å². The van der Waals surface area contributed by atoms with E-state index in [0.29, 0.717) is 16.6 Å². The van der Waals surface area contributed by atoms with E-state index in [4.69, 9.17) is 5.11 Å². The average molecular weight is 336 g/mol. The van der Waals surface area contributed by atoms with Crippen molar-refractivity contribution in [3.8, 4) is 0 Å². The molecule has 0 spiro atoms. The van der Waals surface area contributed by atoms with Crippen molar-refractivity contribution in [2.24, 2.45) is 5.41 Å². The first-order valence-corrected chi connectivity index (χ1v) is 7.82. The second-order valence-electron chi connectivity index (χ2n) is 5.31. The second-order valence-corrected chi connectivity index (χ2v) is 7.90. The highest BCUT2D eigenvalue weighted by Crippen LogP contribution is 2.24. The lowest BCUT2D eigenvalue weighted by Crippen LogP contribution is -2.32. The fourth-order valence-corrected chi connectivity index (χ4v) is 3.54. The Morgan fingerprint density at radius 2 is 1.94 bits per heavy atom. The summed E-state index contributed by atoms with van der Waals surface area (Å²) in [5.74, 6) is 0. The minimum Gasteiger partial charge on any atom is -0.392 e. The molecular weight excluding hydrogens is 318 g/mol. The van der Waals surface area contributed by atoms with Crippen LogP contribution in [0.1, 0.15) is 26.3 Å².